The summed E-state index contributed by atoms with van der Waals surface area (Å²) in [5.74, 6) is 0.962. The molecule has 2 aromatic rings. The number of aromatic nitrogens is 2. The zero-order valence-corrected chi connectivity index (χ0v) is 14.3. The summed E-state index contributed by atoms with van der Waals surface area (Å²) in [7, 11) is 0. The Hall–Kier alpha value is -2.35. The van der Waals surface area contributed by atoms with Crippen molar-refractivity contribution in [3.05, 3.63) is 30.3 Å². The highest BCUT2D eigenvalue weighted by Gasteiger charge is 2.43. The first-order chi connectivity index (χ1) is 11.5. The Bertz CT molecular complexity index is 745. The van der Waals surface area contributed by atoms with Crippen LogP contribution in [0.3, 0.4) is 0 Å². The maximum atomic E-state index is 12.1. The summed E-state index contributed by atoms with van der Waals surface area (Å²) < 4.78 is 5.60. The van der Waals surface area contributed by atoms with Gasteiger partial charge in [-0.3, -0.25) is 9.69 Å². The van der Waals surface area contributed by atoms with Crippen molar-refractivity contribution < 1.29 is 14.0 Å². The molecular weight excluding hydrogens is 328 g/mol. The van der Waals surface area contributed by atoms with E-state index in [0.717, 1.165) is 5.56 Å². The minimum Gasteiger partial charge on any atom is -0.411 e. The maximum Gasteiger partial charge on any atom is 0.325 e. The van der Waals surface area contributed by atoms with Gasteiger partial charge in [0.2, 0.25) is 5.89 Å². The molecule has 1 fully saturated rings. The molecule has 126 valence electrons. The molecule has 1 saturated heterocycles. The van der Waals surface area contributed by atoms with Crippen molar-refractivity contribution in [1.29, 1.82) is 0 Å². The topological polar surface area (TPSA) is 88.3 Å². The standard InChI is InChI=1S/C16H18N4O3S/c1-16(2)13(21)20(14(22)17-16)9-6-10-24-15-19-18-12(23-15)11-7-4-3-5-8-11/h3-5,7-8H,6,9-10H2,1-2H3,(H,17,22). The minimum atomic E-state index is -0.818. The lowest BCUT2D eigenvalue weighted by molar-refractivity contribution is -0.130. The first kappa shape index (κ1) is 16.5. The maximum absolute atomic E-state index is 12.1. The van der Waals surface area contributed by atoms with Gasteiger partial charge in [-0.05, 0) is 32.4 Å². The average molecular weight is 346 g/mol. The second-order valence-corrected chi connectivity index (χ2v) is 7.00. The van der Waals surface area contributed by atoms with E-state index in [9.17, 15) is 9.59 Å². The van der Waals surface area contributed by atoms with E-state index in [4.69, 9.17) is 4.42 Å². The van der Waals surface area contributed by atoms with Crippen molar-refractivity contribution in [2.75, 3.05) is 12.3 Å². The van der Waals surface area contributed by atoms with Crippen molar-refractivity contribution >= 4 is 23.7 Å². The first-order valence-corrected chi connectivity index (χ1v) is 8.62. The summed E-state index contributed by atoms with van der Waals surface area (Å²) in [6.07, 6.45) is 0.656. The Balaban J connectivity index is 1.49. The van der Waals surface area contributed by atoms with Crippen molar-refractivity contribution in [3.63, 3.8) is 0 Å². The fraction of sp³-hybridized carbons (Fsp3) is 0.375. The van der Waals surface area contributed by atoms with Crippen LogP contribution < -0.4 is 5.32 Å². The van der Waals surface area contributed by atoms with E-state index in [-0.39, 0.29) is 11.9 Å². The molecule has 3 rings (SSSR count). The number of hydrogen-bond donors (Lipinski definition) is 1. The average Bonchev–Trinajstić information content (AvgIpc) is 3.10. The lowest BCUT2D eigenvalue weighted by Gasteiger charge is -2.15. The third-order valence-corrected chi connectivity index (χ3v) is 4.53. The third kappa shape index (κ3) is 3.43. The Labute approximate surface area is 143 Å². The summed E-state index contributed by atoms with van der Waals surface area (Å²) in [5, 5.41) is 11.2. The van der Waals surface area contributed by atoms with Crippen molar-refractivity contribution in [2.45, 2.75) is 31.0 Å². The van der Waals surface area contributed by atoms with Gasteiger partial charge in [0, 0.05) is 17.9 Å². The highest BCUT2D eigenvalue weighted by atomic mass is 32.2. The van der Waals surface area contributed by atoms with E-state index < -0.39 is 5.54 Å². The molecule has 1 N–H and O–H groups in total. The van der Waals surface area contributed by atoms with Gasteiger partial charge in [-0.2, -0.15) is 0 Å². The quantitative estimate of drug-likeness (QED) is 0.491. The van der Waals surface area contributed by atoms with Crippen LogP contribution in [0.1, 0.15) is 20.3 Å². The fourth-order valence-corrected chi connectivity index (χ4v) is 3.05. The predicted molar refractivity (Wildman–Crippen MR) is 89.4 cm³/mol. The SMILES string of the molecule is CC1(C)NC(=O)N(CCCSc2nnc(-c3ccccc3)o2)C1=O. The molecule has 24 heavy (non-hydrogen) atoms. The summed E-state index contributed by atoms with van der Waals surface area (Å²) in [4.78, 5) is 25.1. The number of rotatable bonds is 6. The number of benzene rings is 1. The molecule has 1 aromatic heterocycles. The number of nitrogens with one attached hydrogen (secondary N) is 1. The molecule has 1 aliphatic heterocycles. The summed E-state index contributed by atoms with van der Waals surface area (Å²) in [5.41, 5.74) is 0.0554. The van der Waals surface area contributed by atoms with E-state index in [1.807, 2.05) is 30.3 Å². The lowest BCUT2D eigenvalue weighted by Crippen LogP contribution is -2.40. The Morgan fingerprint density at radius 3 is 2.62 bits per heavy atom. The number of imide groups is 1. The molecule has 0 aliphatic carbocycles. The van der Waals surface area contributed by atoms with Crippen molar-refractivity contribution in [1.82, 2.24) is 20.4 Å². The normalized spacial score (nSPS) is 16.5. The highest BCUT2D eigenvalue weighted by molar-refractivity contribution is 7.99. The zero-order valence-electron chi connectivity index (χ0n) is 13.5. The van der Waals surface area contributed by atoms with Crippen molar-refractivity contribution in [3.8, 4) is 11.5 Å². The van der Waals surface area contributed by atoms with Crippen LogP contribution in [0.2, 0.25) is 0 Å². The van der Waals surface area contributed by atoms with Gasteiger partial charge in [-0.1, -0.05) is 30.0 Å². The number of carbonyl (C=O) groups excluding carboxylic acids is 2. The van der Waals surface area contributed by atoms with Crippen LogP contribution >= 0.6 is 11.8 Å². The number of urea groups is 1. The van der Waals surface area contributed by atoms with Crippen LogP contribution in [0.15, 0.2) is 40.0 Å². The molecule has 8 heteroatoms. The monoisotopic (exact) mass is 346 g/mol. The second kappa shape index (κ2) is 6.64. The number of hydrogen-bond acceptors (Lipinski definition) is 6. The molecule has 3 amide bonds. The van der Waals surface area contributed by atoms with Gasteiger partial charge in [0.15, 0.2) is 0 Å². The van der Waals surface area contributed by atoms with Gasteiger partial charge < -0.3 is 9.73 Å². The van der Waals surface area contributed by atoms with Gasteiger partial charge in [0.05, 0.1) is 0 Å². The number of thioether (sulfide) groups is 1. The summed E-state index contributed by atoms with van der Waals surface area (Å²) in [6.45, 7) is 3.78. The summed E-state index contributed by atoms with van der Waals surface area (Å²) >= 11 is 1.41. The molecule has 1 aliphatic rings. The smallest absolute Gasteiger partial charge is 0.325 e. The summed E-state index contributed by atoms with van der Waals surface area (Å²) in [6, 6.07) is 9.21. The van der Waals surface area contributed by atoms with E-state index >= 15 is 0 Å². The van der Waals surface area contributed by atoms with Crippen LogP contribution in [0.4, 0.5) is 4.79 Å². The van der Waals surface area contributed by atoms with Crippen LogP contribution in [0.25, 0.3) is 11.5 Å². The molecule has 0 saturated carbocycles. The molecule has 0 spiro atoms. The van der Waals surface area contributed by atoms with E-state index in [0.29, 0.717) is 29.8 Å². The van der Waals surface area contributed by atoms with Crippen LogP contribution in [0.5, 0.6) is 0 Å². The fourth-order valence-electron chi connectivity index (χ4n) is 2.37. The molecule has 0 radical (unpaired) electrons. The predicted octanol–water partition coefficient (Wildman–Crippen LogP) is 2.55. The van der Waals surface area contributed by atoms with E-state index in [2.05, 4.69) is 15.5 Å². The minimum absolute atomic E-state index is 0.193. The molecule has 7 nitrogen and oxygen atoms in total. The van der Waals surface area contributed by atoms with E-state index in [1.165, 1.54) is 16.7 Å². The molecule has 0 unspecified atom stereocenters. The number of carbonyl (C=O) groups is 2. The molecular formula is C16H18N4O3S. The van der Waals surface area contributed by atoms with Crippen LogP contribution in [-0.2, 0) is 4.79 Å². The Morgan fingerprint density at radius 1 is 1.21 bits per heavy atom. The third-order valence-electron chi connectivity index (χ3n) is 3.62. The Morgan fingerprint density at radius 2 is 1.96 bits per heavy atom. The van der Waals surface area contributed by atoms with Gasteiger partial charge >= 0.3 is 6.03 Å². The largest absolute Gasteiger partial charge is 0.411 e. The van der Waals surface area contributed by atoms with E-state index in [1.54, 1.807) is 13.8 Å². The van der Waals surface area contributed by atoms with Gasteiger partial charge in [-0.25, -0.2) is 4.79 Å². The molecule has 0 bridgehead atoms. The highest BCUT2D eigenvalue weighted by Crippen LogP contribution is 2.24. The zero-order chi connectivity index (χ0) is 17.2. The van der Waals surface area contributed by atoms with Crippen LogP contribution in [0, 0.1) is 0 Å². The van der Waals surface area contributed by atoms with Gasteiger partial charge in [0.1, 0.15) is 5.54 Å². The van der Waals surface area contributed by atoms with Crippen LogP contribution in [-0.4, -0.2) is 44.9 Å². The lowest BCUT2D eigenvalue weighted by atomic mass is 10.1. The molecule has 1 aromatic carbocycles. The first-order valence-electron chi connectivity index (χ1n) is 7.63. The molecule has 2 heterocycles. The van der Waals surface area contributed by atoms with Gasteiger partial charge in [-0.15, -0.1) is 10.2 Å². The van der Waals surface area contributed by atoms with Crippen molar-refractivity contribution in [2.24, 2.45) is 0 Å². The number of amides is 3. The molecule has 0 atom stereocenters. The van der Waals surface area contributed by atoms with Gasteiger partial charge in [0.25, 0.3) is 11.1 Å². The second-order valence-electron chi connectivity index (χ2n) is 5.95. The Kier molecular flexibility index (Phi) is 4.57. The number of nitrogens with zero attached hydrogens (tertiary/aromatic N) is 3.